The van der Waals surface area contributed by atoms with Gasteiger partial charge >= 0.3 is 11.6 Å². The molecular formula is C81H83F2N7O16. The fourth-order valence-corrected chi connectivity index (χ4v) is 15.0. The van der Waals surface area contributed by atoms with Crippen molar-refractivity contribution in [2.75, 3.05) is 69.2 Å². The number of nitrogens with zero attached hydrogens (tertiary/aromatic N) is 2. The average molecular weight is 1450 g/mol. The molecule has 3 aliphatic heterocycles. The van der Waals surface area contributed by atoms with Gasteiger partial charge in [0, 0.05) is 124 Å². The van der Waals surface area contributed by atoms with Gasteiger partial charge in [-0.1, -0.05) is 121 Å². The van der Waals surface area contributed by atoms with Gasteiger partial charge in [-0.3, -0.25) is 23.7 Å². The molecule has 1 saturated heterocycles. The van der Waals surface area contributed by atoms with Gasteiger partial charge in [-0.25, -0.2) is 4.79 Å². The van der Waals surface area contributed by atoms with Crippen LogP contribution < -0.4 is 70.6 Å². The number of aliphatic hydroxyl groups excluding tert-OH is 2. The van der Waals surface area contributed by atoms with Crippen LogP contribution in [0.4, 0.5) is 14.6 Å². The molecule has 0 spiro atoms. The molecule has 13 rings (SSSR count). The largest absolute Gasteiger partial charge is 0.496 e. The summed E-state index contributed by atoms with van der Waals surface area (Å²) in [6, 6.07) is 51.1. The molecule has 25 heteroatoms. The van der Waals surface area contributed by atoms with Crippen molar-refractivity contribution in [2.45, 2.75) is 97.9 Å². The molecule has 4 aliphatic rings. The van der Waals surface area contributed by atoms with Crippen molar-refractivity contribution in [3.05, 3.63) is 259 Å². The number of nitrogen functional groups attached to an aromatic ring is 1. The van der Waals surface area contributed by atoms with Crippen LogP contribution in [0, 0.1) is 0 Å². The number of hydrogen-bond acceptors (Lipinski definition) is 18. The van der Waals surface area contributed by atoms with E-state index >= 15 is 19.2 Å². The maximum atomic E-state index is 15.7. The number of carbonyl (C=O) groups is 4. The fourth-order valence-electron chi connectivity index (χ4n) is 15.0. The molecule has 7 atom stereocenters. The number of anilines is 1. The van der Waals surface area contributed by atoms with Crippen LogP contribution in [0.1, 0.15) is 147 Å². The summed E-state index contributed by atoms with van der Waals surface area (Å²) in [5.41, 5.74) is 11.6. The number of nitrogens with two attached hydrogens (primary N) is 1. The van der Waals surface area contributed by atoms with E-state index in [1.165, 1.54) is 0 Å². The first-order valence-electron chi connectivity index (χ1n) is 34.4. The summed E-state index contributed by atoms with van der Waals surface area (Å²) in [6.45, 7) is -0.787. The average Bonchev–Trinajstić information content (AvgIpc) is 0.768. The summed E-state index contributed by atoms with van der Waals surface area (Å²) in [6.07, 6.45) is -5.44. The van der Waals surface area contributed by atoms with E-state index in [1.807, 2.05) is 146 Å². The lowest BCUT2D eigenvalue weighted by Crippen LogP contribution is -2.41. The number of benzene rings is 8. The number of methoxy groups -OCH3 is 8. The molecule has 12 bridgehead atoms. The molecule has 8 N–H and O–H groups in total. The minimum absolute atomic E-state index is 0.114. The lowest BCUT2D eigenvalue weighted by molar-refractivity contribution is -0.140. The number of amides is 4. The summed E-state index contributed by atoms with van der Waals surface area (Å²) < 4.78 is 83.7. The van der Waals surface area contributed by atoms with E-state index in [-0.39, 0.29) is 55.1 Å². The quantitative estimate of drug-likeness (QED) is 0.0532. The minimum Gasteiger partial charge on any atom is -0.496 e. The molecule has 23 nitrogen and oxygen atoms in total. The third-order valence-corrected chi connectivity index (χ3v) is 20.1. The van der Waals surface area contributed by atoms with Crippen molar-refractivity contribution in [1.29, 1.82) is 0 Å². The second-order valence-corrected chi connectivity index (χ2v) is 26.1. The highest BCUT2D eigenvalue weighted by molar-refractivity contribution is 5.84. The van der Waals surface area contributed by atoms with E-state index in [4.69, 9.17) is 53.5 Å². The van der Waals surface area contributed by atoms with Crippen LogP contribution in [0.3, 0.4) is 0 Å². The number of aromatic nitrogens is 2. The maximum absolute atomic E-state index is 15.7. The number of halogens is 2. The van der Waals surface area contributed by atoms with E-state index in [0.29, 0.717) is 95.1 Å². The Kier molecular flexibility index (Phi) is 22.6. The van der Waals surface area contributed by atoms with E-state index in [9.17, 15) is 18.7 Å². The molecule has 0 saturated carbocycles. The van der Waals surface area contributed by atoms with E-state index in [0.717, 1.165) is 34.5 Å². The summed E-state index contributed by atoms with van der Waals surface area (Å²) >= 11 is 0. The normalized spacial score (nSPS) is 22.6. The lowest BCUT2D eigenvalue weighted by atomic mass is 9.77. The smallest absolute Gasteiger partial charge is 0.351 e. The van der Waals surface area contributed by atoms with Gasteiger partial charge in [-0.15, -0.1) is 0 Å². The molecule has 8 aromatic carbocycles. The number of nitrogens with one attached hydrogen (secondary N) is 4. The molecule has 4 amide bonds. The van der Waals surface area contributed by atoms with E-state index in [2.05, 4.69) is 26.3 Å². The Morgan fingerprint density at radius 2 is 0.670 bits per heavy atom. The Bertz CT molecular complexity index is 4250. The van der Waals surface area contributed by atoms with Crippen LogP contribution in [0.5, 0.6) is 46.0 Å². The van der Waals surface area contributed by atoms with Crippen molar-refractivity contribution in [2.24, 2.45) is 0 Å². The van der Waals surface area contributed by atoms with Crippen LogP contribution >= 0.6 is 0 Å². The topological polar surface area (TPSA) is 301 Å². The van der Waals surface area contributed by atoms with Crippen LogP contribution in [0.2, 0.25) is 0 Å². The number of alkyl halides is 2. The van der Waals surface area contributed by atoms with Gasteiger partial charge in [0.05, 0.1) is 87.7 Å². The van der Waals surface area contributed by atoms with Gasteiger partial charge in [0.2, 0.25) is 29.9 Å². The number of rotatable bonds is 14. The third-order valence-electron chi connectivity index (χ3n) is 20.1. The second kappa shape index (κ2) is 32.2. The Hall–Kier alpha value is -11.5. The summed E-state index contributed by atoms with van der Waals surface area (Å²) in [5, 5.41) is 31.8. The summed E-state index contributed by atoms with van der Waals surface area (Å²) in [5.74, 6) is -5.83. The van der Waals surface area contributed by atoms with Gasteiger partial charge in [0.25, 0.3) is 0 Å². The second-order valence-electron chi connectivity index (χ2n) is 26.1. The minimum atomic E-state index is -3.71. The first kappa shape index (κ1) is 74.2. The molecule has 106 heavy (non-hydrogen) atoms. The van der Waals surface area contributed by atoms with Gasteiger partial charge in [0.1, 0.15) is 57.9 Å². The molecule has 0 unspecified atom stereocenters. The van der Waals surface area contributed by atoms with Gasteiger partial charge in [-0.05, 0) is 52.6 Å². The number of ether oxygens (including phenoxy) is 9. The highest BCUT2D eigenvalue weighted by Crippen LogP contribution is 2.54. The number of hydrogen-bond donors (Lipinski definition) is 7. The van der Waals surface area contributed by atoms with Crippen molar-refractivity contribution >= 4 is 29.4 Å². The Labute approximate surface area is 610 Å². The highest BCUT2D eigenvalue weighted by Gasteiger charge is 2.59. The SMILES string of the molecule is COc1cc(OC)c2cc1C1CC(=O)N[C@H](c3ccccc3)[C@@H](c3ccccc3)NC(=O)CC2c2cc(c(OC)cc2OC)C2CC(=O)N[C@H](c3ccccc3)[C@@H](c3ccccc3)NC(=O)CC(c3cc2c(OC)cc3OC)c2cc1c(OC)cc2OC.Nc1ccn([C@@H]2O[C@H](CO)[C@@H](O)C2(F)F)c(=O)n1. The van der Waals surface area contributed by atoms with Gasteiger partial charge < -0.3 is 79.8 Å². The molecule has 4 heterocycles. The third kappa shape index (κ3) is 14.9. The standard InChI is InChI=1S/C72H72N4O12.C9H11F2N3O4/c1-81-57-37-58(82-2)50-29-49(57)45-33-65(77)73-69(41-21-13-9-14-22-41)70(42-23-15-10-16-24-42)74-66(78)34-46(50)55-32-56(64(88-8)40-63(55)87-7)48-36-68(80)76-72(44-27-19-12-20-28-44)71(43-25-17-11-18-26-43)75-67(79)35-47(51-30-52(48)60(84-4)38-59(51)83-3)54-31-53(45)61(85-5)39-62(54)86-6;10-9(11)6(16)4(3-15)18-7(9)14-2-1-5(12)13-8(14)17/h9-32,37-40,45-48,69-72H,33-36H2,1-8H3,(H,73,77)(H,74,78)(H,75,79)(H,76,80);1-2,4,6-7,15-16H,3H2,(H2,12,13,17)/t45?,46?,47?,48?,69-,70-,71-,72-;4-,6-,7-/m11/s1. The number of carbonyl (C=O) groups excluding carboxylic acids is 4. The van der Waals surface area contributed by atoms with Crippen molar-refractivity contribution < 1.29 is 80.8 Å². The molecule has 9 aromatic rings. The number of fused-ring (bicyclic) bond motifs is 8. The Morgan fingerprint density at radius 3 is 0.877 bits per heavy atom. The zero-order chi connectivity index (χ0) is 75.1. The molecule has 552 valence electrons. The first-order valence-corrected chi connectivity index (χ1v) is 34.4. The fraction of sp³-hybridized carbons (Fsp3) is 0.309. The zero-order valence-corrected chi connectivity index (χ0v) is 59.5. The summed E-state index contributed by atoms with van der Waals surface area (Å²) in [4.78, 5) is 77.6. The molecule has 1 aromatic heterocycles. The summed E-state index contributed by atoms with van der Waals surface area (Å²) in [7, 11) is 12.5. The van der Waals surface area contributed by atoms with Crippen LogP contribution in [0.25, 0.3) is 0 Å². The van der Waals surface area contributed by atoms with Gasteiger partial charge in [-0.2, -0.15) is 13.8 Å². The Morgan fingerprint density at radius 1 is 0.425 bits per heavy atom. The molecule has 1 aliphatic carbocycles. The van der Waals surface area contributed by atoms with Crippen LogP contribution in [0.15, 0.2) is 187 Å². The van der Waals surface area contributed by atoms with E-state index < -0.39 is 84.5 Å². The molecular weight excluding hydrogens is 1360 g/mol. The van der Waals surface area contributed by atoms with Gasteiger partial charge in [0.15, 0.2) is 6.10 Å². The first-order chi connectivity index (χ1) is 51.3. The van der Waals surface area contributed by atoms with Crippen molar-refractivity contribution in [3.8, 4) is 46.0 Å². The maximum Gasteiger partial charge on any atom is 0.351 e. The van der Waals surface area contributed by atoms with Crippen LogP contribution in [-0.2, 0) is 23.9 Å². The van der Waals surface area contributed by atoms with Crippen LogP contribution in [-0.4, -0.2) is 125 Å². The van der Waals surface area contributed by atoms with Crippen molar-refractivity contribution in [1.82, 2.24) is 30.8 Å². The molecule has 1 fully saturated rings. The number of aliphatic hydroxyl groups is 2. The van der Waals surface area contributed by atoms with Crippen molar-refractivity contribution in [3.63, 3.8) is 0 Å². The predicted octanol–water partition coefficient (Wildman–Crippen LogP) is 10.3. The monoisotopic (exact) mass is 1450 g/mol. The lowest BCUT2D eigenvalue weighted by Gasteiger charge is -2.31. The highest BCUT2D eigenvalue weighted by atomic mass is 19.3. The molecule has 0 radical (unpaired) electrons. The zero-order valence-electron chi connectivity index (χ0n) is 59.5. The van der Waals surface area contributed by atoms with E-state index in [1.54, 1.807) is 81.1 Å². The Balaban J connectivity index is 0.000000509. The predicted molar refractivity (Wildman–Crippen MR) is 388 cm³/mol.